The summed E-state index contributed by atoms with van der Waals surface area (Å²) in [5, 5.41) is 0. The first-order chi connectivity index (χ1) is 29.1. The Hall–Kier alpha value is -2.12. The van der Waals surface area contributed by atoms with Crippen molar-refractivity contribution in [2.75, 3.05) is 13.2 Å². The molecule has 6 rings (SSSR count). The average molecular weight is 803 g/mol. The van der Waals surface area contributed by atoms with Crippen LogP contribution in [0.1, 0.15) is 242 Å². The summed E-state index contributed by atoms with van der Waals surface area (Å²) in [7, 11) is 0. The highest BCUT2D eigenvalue weighted by Gasteiger charge is 2.28. The molecular weight excluding hydrogens is 713 g/mol. The van der Waals surface area contributed by atoms with Gasteiger partial charge in [0.15, 0.2) is 0 Å². The smallest absolute Gasteiger partial charge is 0.0657 e. The summed E-state index contributed by atoms with van der Waals surface area (Å²) in [6, 6.07) is 20.0. The maximum atomic E-state index is 6.64. The summed E-state index contributed by atoms with van der Waals surface area (Å²) in [4.78, 5) is 0. The number of allylic oxidation sites excluding steroid dienone is 2. The zero-order valence-electron chi connectivity index (χ0n) is 39.0. The van der Waals surface area contributed by atoms with Crippen LogP contribution >= 0.6 is 0 Å². The third kappa shape index (κ3) is 14.5. The minimum Gasteiger partial charge on any atom is -0.373 e. The molecule has 4 saturated carbocycles. The van der Waals surface area contributed by atoms with Gasteiger partial charge >= 0.3 is 0 Å². The normalized spacial score (nSPS) is 28.5. The highest BCUT2D eigenvalue weighted by atomic mass is 16.5. The second-order valence-electron chi connectivity index (χ2n) is 20.5. The minimum absolute atomic E-state index is 0.662. The maximum Gasteiger partial charge on any atom is 0.0657 e. The molecule has 0 atom stereocenters. The number of ether oxygens (including phenoxy) is 1. The van der Waals surface area contributed by atoms with E-state index >= 15 is 0 Å². The molecule has 0 amide bonds. The number of rotatable bonds is 22. The lowest BCUT2D eigenvalue weighted by Gasteiger charge is -2.31. The van der Waals surface area contributed by atoms with Gasteiger partial charge in [-0.05, 0) is 183 Å². The van der Waals surface area contributed by atoms with Crippen LogP contribution < -0.4 is 0 Å². The Labute approximate surface area is 365 Å². The predicted octanol–water partition coefficient (Wildman–Crippen LogP) is 18.1. The van der Waals surface area contributed by atoms with Gasteiger partial charge in [0.1, 0.15) is 0 Å². The fourth-order valence-electron chi connectivity index (χ4n) is 12.6. The highest BCUT2D eigenvalue weighted by Crippen LogP contribution is 2.43. The van der Waals surface area contributed by atoms with Gasteiger partial charge in [0.05, 0.1) is 13.2 Å². The van der Waals surface area contributed by atoms with Crippen LogP contribution in [0.5, 0.6) is 0 Å². The molecule has 2 aromatic rings. The summed E-state index contributed by atoms with van der Waals surface area (Å²) < 4.78 is 6.64. The van der Waals surface area contributed by atoms with E-state index in [1.165, 1.54) is 191 Å². The zero-order chi connectivity index (χ0) is 41.1. The van der Waals surface area contributed by atoms with Gasteiger partial charge in [-0.3, -0.25) is 0 Å². The van der Waals surface area contributed by atoms with Crippen LogP contribution in [-0.2, 0) is 4.74 Å². The average Bonchev–Trinajstić information content (AvgIpc) is 3.28. The summed E-state index contributed by atoms with van der Waals surface area (Å²) in [5.41, 5.74) is 9.22. The second kappa shape index (κ2) is 25.7. The molecule has 328 valence electrons. The van der Waals surface area contributed by atoms with Crippen molar-refractivity contribution in [2.24, 2.45) is 35.5 Å². The first kappa shape index (κ1) is 46.4. The van der Waals surface area contributed by atoms with Crippen LogP contribution in [0.15, 0.2) is 60.7 Å². The molecule has 0 N–H and O–H groups in total. The fraction of sp³-hybridized carbons (Fsp3) is 0.724. The molecule has 0 heterocycles. The van der Waals surface area contributed by atoms with Crippen molar-refractivity contribution in [3.05, 3.63) is 82.9 Å². The van der Waals surface area contributed by atoms with Crippen LogP contribution in [0.3, 0.4) is 0 Å². The minimum atomic E-state index is 0.662. The van der Waals surface area contributed by atoms with Crippen LogP contribution in [0, 0.1) is 35.5 Å². The van der Waals surface area contributed by atoms with Crippen molar-refractivity contribution < 1.29 is 4.74 Å². The number of hydrogen-bond acceptors (Lipinski definition) is 1. The molecular formula is C58H90O. The van der Waals surface area contributed by atoms with Crippen molar-refractivity contribution in [3.8, 4) is 0 Å². The third-order valence-electron chi connectivity index (χ3n) is 16.4. The summed E-state index contributed by atoms with van der Waals surface area (Å²) in [6.07, 6.45) is 43.9. The Kier molecular flexibility index (Phi) is 20.2. The van der Waals surface area contributed by atoms with Crippen LogP contribution in [-0.4, -0.2) is 13.2 Å². The third-order valence-corrected chi connectivity index (χ3v) is 16.4. The molecule has 59 heavy (non-hydrogen) atoms. The molecule has 4 aliphatic carbocycles. The molecule has 2 aromatic carbocycles. The molecule has 0 aromatic heterocycles. The Bertz CT molecular complexity index is 1350. The molecule has 0 radical (unpaired) electrons. The van der Waals surface area contributed by atoms with Crippen LogP contribution in [0.2, 0.25) is 0 Å². The lowest BCUT2D eigenvalue weighted by Crippen LogP contribution is -2.17. The predicted molar refractivity (Wildman–Crippen MR) is 258 cm³/mol. The van der Waals surface area contributed by atoms with Crippen molar-refractivity contribution >= 4 is 11.1 Å². The van der Waals surface area contributed by atoms with Gasteiger partial charge in [-0.15, -0.1) is 0 Å². The Morgan fingerprint density at radius 3 is 1.08 bits per heavy atom. The van der Waals surface area contributed by atoms with Crippen molar-refractivity contribution in [2.45, 2.75) is 219 Å². The topological polar surface area (TPSA) is 9.23 Å². The number of hydrogen-bond donors (Lipinski definition) is 0. The molecule has 0 unspecified atom stereocenters. The first-order valence-electron chi connectivity index (χ1n) is 26.3. The van der Waals surface area contributed by atoms with Gasteiger partial charge in [-0.25, -0.2) is 0 Å². The highest BCUT2D eigenvalue weighted by molar-refractivity contribution is 5.69. The maximum absolute atomic E-state index is 6.64. The standard InChI is InChI=1S/C58H90O/c1-5-9-11-15-47-21-29-53(30-22-47)57(55-37-33-51(34-38-55)49-25-17-45(13-7-3)18-26-49)41-43-59-44-42-58(54-31-23-48(24-32-54)16-12-10-6-2)56-39-35-52(36-40-56)50-27-19-46(14-8-4)20-28-50/h33-42,45-50,53-54H,5-32,43-44H2,1-4H3/t45-,46-,47-,48-,49-,50-,53-,54-. The Balaban J connectivity index is 1.12. The van der Waals surface area contributed by atoms with Crippen LogP contribution in [0.4, 0.5) is 0 Å². The van der Waals surface area contributed by atoms with Crippen LogP contribution in [0.25, 0.3) is 11.1 Å². The summed E-state index contributed by atoms with van der Waals surface area (Å²) >= 11 is 0. The van der Waals surface area contributed by atoms with Gasteiger partial charge in [-0.1, -0.05) is 165 Å². The number of unbranched alkanes of at least 4 members (excludes halogenated alkanes) is 4. The quantitative estimate of drug-likeness (QED) is 0.108. The molecule has 0 spiro atoms. The first-order valence-corrected chi connectivity index (χ1v) is 26.3. The van der Waals surface area contributed by atoms with E-state index in [1.54, 1.807) is 22.3 Å². The molecule has 1 nitrogen and oxygen atoms in total. The fourth-order valence-corrected chi connectivity index (χ4v) is 12.6. The van der Waals surface area contributed by atoms with E-state index < -0.39 is 0 Å². The van der Waals surface area contributed by atoms with E-state index in [4.69, 9.17) is 4.74 Å². The van der Waals surface area contributed by atoms with Gasteiger partial charge in [0, 0.05) is 0 Å². The molecule has 0 saturated heterocycles. The Morgan fingerprint density at radius 2 is 0.746 bits per heavy atom. The lowest BCUT2D eigenvalue weighted by atomic mass is 9.74. The monoisotopic (exact) mass is 803 g/mol. The number of benzene rings is 2. The summed E-state index contributed by atoms with van der Waals surface area (Å²) in [6.45, 7) is 10.8. The van der Waals surface area contributed by atoms with Crippen molar-refractivity contribution in [1.82, 2.24) is 0 Å². The second-order valence-corrected chi connectivity index (χ2v) is 20.5. The molecule has 0 aliphatic heterocycles. The molecule has 4 fully saturated rings. The van der Waals surface area contributed by atoms with E-state index in [2.05, 4.69) is 88.4 Å². The molecule has 4 aliphatic rings. The van der Waals surface area contributed by atoms with E-state index in [0.29, 0.717) is 25.0 Å². The van der Waals surface area contributed by atoms with Gasteiger partial charge in [0.2, 0.25) is 0 Å². The van der Waals surface area contributed by atoms with E-state index in [-0.39, 0.29) is 0 Å². The molecule has 0 bridgehead atoms. The lowest BCUT2D eigenvalue weighted by molar-refractivity contribution is 0.193. The largest absolute Gasteiger partial charge is 0.373 e. The SMILES string of the molecule is CCCCC[C@H]1CC[C@H](C(=CCOCC=C(c2ccc([C@H]3CC[C@H](CCC)CC3)cc2)[C@H]2CC[C@H](CCCCC)CC2)c2ccc([C@H]3CC[C@H](CCC)CC3)cc2)CC1. The molecule has 1 heteroatoms. The van der Waals surface area contributed by atoms with E-state index in [9.17, 15) is 0 Å². The van der Waals surface area contributed by atoms with Gasteiger partial charge in [0.25, 0.3) is 0 Å². The van der Waals surface area contributed by atoms with Crippen molar-refractivity contribution in [3.63, 3.8) is 0 Å². The van der Waals surface area contributed by atoms with E-state index in [1.807, 2.05) is 0 Å². The summed E-state index contributed by atoms with van der Waals surface area (Å²) in [5.74, 6) is 6.64. The zero-order valence-corrected chi connectivity index (χ0v) is 39.0. The Morgan fingerprint density at radius 1 is 0.407 bits per heavy atom. The van der Waals surface area contributed by atoms with Gasteiger partial charge in [-0.2, -0.15) is 0 Å². The van der Waals surface area contributed by atoms with Crippen molar-refractivity contribution in [1.29, 1.82) is 0 Å². The van der Waals surface area contributed by atoms with E-state index in [0.717, 1.165) is 35.5 Å². The van der Waals surface area contributed by atoms with Gasteiger partial charge < -0.3 is 4.74 Å².